The molecule has 1 atom stereocenters. The highest BCUT2D eigenvalue weighted by Gasteiger charge is 2.32. The topological polar surface area (TPSA) is 29.1 Å². The molecule has 18 heavy (non-hydrogen) atoms. The third-order valence-electron chi connectivity index (χ3n) is 4.26. The van der Waals surface area contributed by atoms with Crippen molar-refractivity contribution in [1.29, 1.82) is 0 Å². The Balaban J connectivity index is 2.32. The van der Waals surface area contributed by atoms with Gasteiger partial charge in [-0.15, -0.1) is 11.6 Å². The number of nitrogens with one attached hydrogen (secondary N) is 1. The van der Waals surface area contributed by atoms with E-state index in [1.807, 2.05) is 6.92 Å². The van der Waals surface area contributed by atoms with Crippen molar-refractivity contribution >= 4 is 17.5 Å². The predicted octanol–water partition coefficient (Wildman–Crippen LogP) is 3.97. The normalized spacial score (nSPS) is 26.7. The van der Waals surface area contributed by atoms with E-state index in [2.05, 4.69) is 26.1 Å². The fourth-order valence-electron chi connectivity index (χ4n) is 2.72. The molecule has 1 aliphatic rings. The lowest BCUT2D eigenvalue weighted by molar-refractivity contribution is -0.126. The van der Waals surface area contributed by atoms with Crippen molar-refractivity contribution in [3.63, 3.8) is 0 Å². The van der Waals surface area contributed by atoms with Crippen molar-refractivity contribution in [2.24, 2.45) is 17.3 Å². The number of carbonyl (C=O) groups is 1. The fourth-order valence-corrected chi connectivity index (χ4v) is 2.80. The van der Waals surface area contributed by atoms with Crippen LogP contribution in [-0.4, -0.2) is 17.8 Å². The first-order valence-electron chi connectivity index (χ1n) is 7.26. The number of alkyl halides is 1. The first kappa shape index (κ1) is 15.8. The molecule has 1 N–H and O–H groups in total. The maximum Gasteiger partial charge on any atom is 0.223 e. The van der Waals surface area contributed by atoms with Crippen molar-refractivity contribution in [3.05, 3.63) is 0 Å². The number of halogens is 1. The van der Waals surface area contributed by atoms with Crippen LogP contribution in [0.25, 0.3) is 0 Å². The van der Waals surface area contributed by atoms with Gasteiger partial charge >= 0.3 is 0 Å². The molecule has 0 aromatic rings. The van der Waals surface area contributed by atoms with E-state index in [4.69, 9.17) is 11.6 Å². The van der Waals surface area contributed by atoms with Gasteiger partial charge in [0.1, 0.15) is 0 Å². The van der Waals surface area contributed by atoms with Gasteiger partial charge < -0.3 is 5.32 Å². The Morgan fingerprint density at radius 3 is 2.28 bits per heavy atom. The van der Waals surface area contributed by atoms with Crippen LogP contribution in [0.5, 0.6) is 0 Å². The molecule has 0 spiro atoms. The zero-order valence-corrected chi connectivity index (χ0v) is 13.0. The van der Waals surface area contributed by atoms with Crippen LogP contribution in [0.3, 0.4) is 0 Å². The smallest absolute Gasteiger partial charge is 0.223 e. The van der Waals surface area contributed by atoms with Crippen LogP contribution in [0.1, 0.15) is 59.8 Å². The van der Waals surface area contributed by atoms with Gasteiger partial charge in [-0.2, -0.15) is 0 Å². The van der Waals surface area contributed by atoms with Crippen molar-refractivity contribution in [2.45, 2.75) is 65.2 Å². The summed E-state index contributed by atoms with van der Waals surface area (Å²) in [5.41, 5.74) is 0.380. The minimum Gasteiger partial charge on any atom is -0.354 e. The molecule has 1 unspecified atom stereocenters. The minimum atomic E-state index is 0.0693. The summed E-state index contributed by atoms with van der Waals surface area (Å²) in [6.07, 6.45) is 5.33. The third kappa shape index (κ3) is 4.79. The maximum atomic E-state index is 12.0. The van der Waals surface area contributed by atoms with E-state index in [9.17, 15) is 4.79 Å². The summed E-state index contributed by atoms with van der Waals surface area (Å²) < 4.78 is 0. The summed E-state index contributed by atoms with van der Waals surface area (Å²) in [6, 6.07) is 0. The highest BCUT2D eigenvalue weighted by Crippen LogP contribution is 2.39. The van der Waals surface area contributed by atoms with Gasteiger partial charge in [-0.1, -0.05) is 27.7 Å². The van der Waals surface area contributed by atoms with E-state index in [-0.39, 0.29) is 17.2 Å². The molecule has 0 aromatic heterocycles. The van der Waals surface area contributed by atoms with Crippen LogP contribution in [0.4, 0.5) is 0 Å². The van der Waals surface area contributed by atoms with Gasteiger partial charge in [0.2, 0.25) is 5.91 Å². The van der Waals surface area contributed by atoms with Crippen LogP contribution >= 0.6 is 11.6 Å². The lowest BCUT2D eigenvalue weighted by Crippen LogP contribution is -2.37. The van der Waals surface area contributed by atoms with Crippen molar-refractivity contribution in [3.8, 4) is 0 Å². The molecule has 1 rings (SSSR count). The highest BCUT2D eigenvalue weighted by atomic mass is 35.5. The molecule has 1 saturated carbocycles. The Morgan fingerprint density at radius 2 is 1.83 bits per heavy atom. The Morgan fingerprint density at radius 1 is 1.28 bits per heavy atom. The second-order valence-corrected chi connectivity index (χ2v) is 7.28. The molecule has 0 saturated heterocycles. The Labute approximate surface area is 117 Å². The molecule has 0 aliphatic heterocycles. The zero-order chi connectivity index (χ0) is 13.8. The summed E-state index contributed by atoms with van der Waals surface area (Å²) in [5, 5.41) is 3.06. The number of carbonyl (C=O) groups excluding carboxylic acids is 1. The average Bonchev–Trinajstić information content (AvgIpc) is 2.34. The van der Waals surface area contributed by atoms with Crippen molar-refractivity contribution in [1.82, 2.24) is 5.32 Å². The number of rotatable bonds is 4. The molecule has 0 radical (unpaired) electrons. The second-order valence-electron chi connectivity index (χ2n) is 6.67. The zero-order valence-electron chi connectivity index (χ0n) is 12.3. The third-order valence-corrected chi connectivity index (χ3v) is 4.73. The average molecular weight is 274 g/mol. The summed E-state index contributed by atoms with van der Waals surface area (Å²) in [4.78, 5) is 12.0. The van der Waals surface area contributed by atoms with Crippen LogP contribution in [0.15, 0.2) is 0 Å². The Hall–Kier alpha value is -0.240. The molecule has 1 fully saturated rings. The van der Waals surface area contributed by atoms with Crippen LogP contribution in [0, 0.1) is 17.3 Å². The lowest BCUT2D eigenvalue weighted by atomic mass is 9.69. The van der Waals surface area contributed by atoms with Crippen LogP contribution in [-0.2, 0) is 4.79 Å². The van der Waals surface area contributed by atoms with E-state index >= 15 is 0 Å². The molecule has 0 heterocycles. The largest absolute Gasteiger partial charge is 0.354 e. The molecule has 1 aliphatic carbocycles. The first-order valence-corrected chi connectivity index (χ1v) is 7.70. The van der Waals surface area contributed by atoms with E-state index in [1.165, 1.54) is 12.8 Å². The molecular weight excluding hydrogens is 246 g/mol. The standard InChI is InChI=1S/C15H28ClNO/c1-5-13(16)10-17-14(18)11-6-8-12(9-7-11)15(2,3)4/h11-13H,5-10H2,1-4H3,(H,17,18). The Bertz CT molecular complexity index is 264. The summed E-state index contributed by atoms with van der Waals surface area (Å²) >= 11 is 6.02. The van der Waals surface area contributed by atoms with Crippen molar-refractivity contribution in [2.75, 3.05) is 6.54 Å². The van der Waals surface area contributed by atoms with Gasteiger partial charge in [0.05, 0.1) is 5.38 Å². The summed E-state index contributed by atoms with van der Waals surface area (Å²) in [7, 11) is 0. The lowest BCUT2D eigenvalue weighted by Gasteiger charge is -2.36. The quantitative estimate of drug-likeness (QED) is 0.772. The number of amides is 1. The van der Waals surface area contributed by atoms with E-state index < -0.39 is 0 Å². The van der Waals surface area contributed by atoms with E-state index in [1.54, 1.807) is 0 Å². The number of hydrogen-bond acceptors (Lipinski definition) is 1. The van der Waals surface area contributed by atoms with E-state index in [0.717, 1.165) is 25.2 Å². The molecule has 0 bridgehead atoms. The SMILES string of the molecule is CCC(Cl)CNC(=O)C1CCC(C(C)(C)C)CC1. The monoisotopic (exact) mass is 273 g/mol. The first-order chi connectivity index (χ1) is 8.34. The van der Waals surface area contributed by atoms with Gasteiger partial charge in [0.15, 0.2) is 0 Å². The predicted molar refractivity (Wildman–Crippen MR) is 77.8 cm³/mol. The van der Waals surface area contributed by atoms with E-state index in [0.29, 0.717) is 12.0 Å². The molecular formula is C15H28ClNO. The van der Waals surface area contributed by atoms with Crippen LogP contribution < -0.4 is 5.32 Å². The second kappa shape index (κ2) is 6.79. The molecule has 2 nitrogen and oxygen atoms in total. The summed E-state index contributed by atoms with van der Waals surface area (Å²) in [5.74, 6) is 1.18. The van der Waals surface area contributed by atoms with Gasteiger partial charge in [-0.05, 0) is 43.4 Å². The molecule has 1 amide bonds. The minimum absolute atomic E-state index is 0.0693. The Kier molecular flexibility index (Phi) is 5.97. The molecule has 3 heteroatoms. The van der Waals surface area contributed by atoms with Gasteiger partial charge in [0.25, 0.3) is 0 Å². The van der Waals surface area contributed by atoms with Gasteiger partial charge in [-0.25, -0.2) is 0 Å². The fraction of sp³-hybridized carbons (Fsp3) is 0.933. The maximum absolute atomic E-state index is 12.0. The number of hydrogen-bond donors (Lipinski definition) is 1. The molecule has 0 aromatic carbocycles. The highest BCUT2D eigenvalue weighted by molar-refractivity contribution is 6.20. The molecule has 106 valence electrons. The summed E-state index contributed by atoms with van der Waals surface area (Å²) in [6.45, 7) is 9.56. The van der Waals surface area contributed by atoms with Gasteiger partial charge in [-0.3, -0.25) is 4.79 Å². The van der Waals surface area contributed by atoms with Crippen molar-refractivity contribution < 1.29 is 4.79 Å². The van der Waals surface area contributed by atoms with Crippen LogP contribution in [0.2, 0.25) is 0 Å². The van der Waals surface area contributed by atoms with Gasteiger partial charge in [0, 0.05) is 12.5 Å².